The number of benzene rings is 1. The number of nitrogens with two attached hydrogens (primary N) is 1. The van der Waals surface area contributed by atoms with Gasteiger partial charge in [0.1, 0.15) is 5.56 Å². The number of carbonyl (C=O) groups excluding carboxylic acids is 1. The number of nitro groups is 1. The highest BCUT2D eigenvalue weighted by Crippen LogP contribution is 2.34. The van der Waals surface area contributed by atoms with E-state index in [0.29, 0.717) is 6.07 Å². The summed E-state index contributed by atoms with van der Waals surface area (Å²) in [6.45, 7) is 0. The van der Waals surface area contributed by atoms with Crippen molar-refractivity contribution in [2.24, 2.45) is 5.14 Å². The Labute approximate surface area is 108 Å². The van der Waals surface area contributed by atoms with Crippen LogP contribution >= 0.6 is 0 Å². The topological polar surface area (TPSA) is 139 Å². The van der Waals surface area contributed by atoms with Gasteiger partial charge in [-0.1, -0.05) is 0 Å². The third kappa shape index (κ3) is 2.98. The van der Waals surface area contributed by atoms with Crippen LogP contribution in [0.5, 0.6) is 5.75 Å². The highest BCUT2D eigenvalue weighted by atomic mass is 32.2. The Kier molecular flexibility index (Phi) is 4.07. The van der Waals surface area contributed by atoms with E-state index in [9.17, 15) is 23.3 Å². The van der Waals surface area contributed by atoms with E-state index in [0.717, 1.165) is 20.3 Å². The fourth-order valence-corrected chi connectivity index (χ4v) is 1.92. The first-order valence-electron chi connectivity index (χ1n) is 4.70. The van der Waals surface area contributed by atoms with Crippen LogP contribution in [0.3, 0.4) is 0 Å². The van der Waals surface area contributed by atoms with Gasteiger partial charge in [0.15, 0.2) is 0 Å². The predicted octanol–water partition coefficient (Wildman–Crippen LogP) is 0.0374. The van der Waals surface area contributed by atoms with Gasteiger partial charge < -0.3 is 9.47 Å². The van der Waals surface area contributed by atoms with Crippen LogP contribution < -0.4 is 9.88 Å². The van der Waals surface area contributed by atoms with Gasteiger partial charge in [0.05, 0.1) is 24.0 Å². The Hall–Kier alpha value is -2.20. The molecule has 0 bridgehead atoms. The van der Waals surface area contributed by atoms with Crippen molar-refractivity contribution in [3.05, 3.63) is 27.8 Å². The number of rotatable bonds is 4. The molecule has 0 aliphatic heterocycles. The van der Waals surface area contributed by atoms with Gasteiger partial charge in [-0.3, -0.25) is 10.1 Å². The second-order valence-electron chi connectivity index (χ2n) is 3.32. The number of hydrogen-bond acceptors (Lipinski definition) is 7. The van der Waals surface area contributed by atoms with Crippen molar-refractivity contribution >= 4 is 21.7 Å². The number of nitrogens with zero attached hydrogens (tertiary/aromatic N) is 1. The summed E-state index contributed by atoms with van der Waals surface area (Å²) in [5.74, 6) is -1.38. The molecule has 0 radical (unpaired) electrons. The van der Waals surface area contributed by atoms with Gasteiger partial charge in [-0.25, -0.2) is 18.4 Å². The highest BCUT2D eigenvalue weighted by Gasteiger charge is 2.27. The number of methoxy groups -OCH3 is 2. The van der Waals surface area contributed by atoms with Crippen molar-refractivity contribution in [3.63, 3.8) is 0 Å². The van der Waals surface area contributed by atoms with E-state index in [4.69, 9.17) is 9.88 Å². The highest BCUT2D eigenvalue weighted by molar-refractivity contribution is 7.89. The van der Waals surface area contributed by atoms with Gasteiger partial charge in [-0.15, -0.1) is 0 Å². The monoisotopic (exact) mass is 290 g/mol. The molecule has 1 aromatic carbocycles. The van der Waals surface area contributed by atoms with Crippen molar-refractivity contribution in [1.82, 2.24) is 0 Å². The lowest BCUT2D eigenvalue weighted by Gasteiger charge is -2.09. The maximum atomic E-state index is 11.5. The summed E-state index contributed by atoms with van der Waals surface area (Å²) in [5.41, 5.74) is -1.10. The van der Waals surface area contributed by atoms with Gasteiger partial charge in [-0.2, -0.15) is 0 Å². The number of primary sulfonamides is 1. The van der Waals surface area contributed by atoms with Crippen LogP contribution in [0.25, 0.3) is 0 Å². The first kappa shape index (κ1) is 14.9. The molecule has 0 unspecified atom stereocenters. The molecule has 19 heavy (non-hydrogen) atoms. The molecule has 0 fully saturated rings. The lowest BCUT2D eigenvalue weighted by molar-refractivity contribution is -0.386. The molecule has 0 saturated heterocycles. The summed E-state index contributed by atoms with van der Waals surface area (Å²) in [4.78, 5) is 20.9. The molecular formula is C9H10N2O7S. The van der Waals surface area contributed by atoms with E-state index in [1.165, 1.54) is 0 Å². The molecule has 0 heterocycles. The fourth-order valence-electron chi connectivity index (χ4n) is 1.36. The van der Waals surface area contributed by atoms with Crippen LogP contribution in [0.4, 0.5) is 5.69 Å². The summed E-state index contributed by atoms with van der Waals surface area (Å²) in [6.07, 6.45) is 0. The zero-order chi connectivity index (χ0) is 14.8. The quantitative estimate of drug-likeness (QED) is 0.469. The standard InChI is InChI=1S/C9H10N2O7S/c1-17-8-6(9(12)18-2)3-5(19(10,15)16)4-7(8)11(13)14/h3-4H,1-2H3,(H2,10,15,16). The Morgan fingerprint density at radius 3 is 2.32 bits per heavy atom. The minimum absolute atomic E-state index is 0.399. The zero-order valence-corrected chi connectivity index (χ0v) is 10.8. The number of esters is 1. The van der Waals surface area contributed by atoms with E-state index >= 15 is 0 Å². The molecule has 0 aliphatic carbocycles. The molecule has 104 valence electrons. The van der Waals surface area contributed by atoms with E-state index in [1.54, 1.807) is 0 Å². The lowest BCUT2D eigenvalue weighted by Crippen LogP contribution is -2.15. The largest absolute Gasteiger partial charge is 0.490 e. The molecule has 0 spiro atoms. The summed E-state index contributed by atoms with van der Waals surface area (Å²) < 4.78 is 31.6. The van der Waals surface area contributed by atoms with Crippen LogP contribution in [0, 0.1) is 10.1 Å². The van der Waals surface area contributed by atoms with E-state index < -0.39 is 42.8 Å². The normalized spacial score (nSPS) is 10.9. The molecule has 10 heteroatoms. The van der Waals surface area contributed by atoms with Gasteiger partial charge in [0, 0.05) is 6.07 Å². The van der Waals surface area contributed by atoms with Gasteiger partial charge in [0.2, 0.25) is 15.8 Å². The third-order valence-corrected chi connectivity index (χ3v) is 3.07. The van der Waals surface area contributed by atoms with Crippen LogP contribution in [0.1, 0.15) is 10.4 Å². The van der Waals surface area contributed by atoms with Crippen molar-refractivity contribution in [2.75, 3.05) is 14.2 Å². The molecule has 0 aromatic heterocycles. The average molecular weight is 290 g/mol. The van der Waals surface area contributed by atoms with Gasteiger partial charge in [-0.05, 0) is 6.07 Å². The number of hydrogen-bond donors (Lipinski definition) is 1. The van der Waals surface area contributed by atoms with Crippen molar-refractivity contribution in [3.8, 4) is 5.75 Å². The van der Waals surface area contributed by atoms with Gasteiger partial charge in [0.25, 0.3) is 0 Å². The van der Waals surface area contributed by atoms with Gasteiger partial charge >= 0.3 is 11.7 Å². The van der Waals surface area contributed by atoms with Crippen molar-refractivity contribution < 1.29 is 27.6 Å². The van der Waals surface area contributed by atoms with Crippen LogP contribution in [0.15, 0.2) is 17.0 Å². The van der Waals surface area contributed by atoms with Crippen LogP contribution in [-0.4, -0.2) is 33.5 Å². The zero-order valence-electron chi connectivity index (χ0n) is 9.95. The summed E-state index contributed by atoms with van der Waals surface area (Å²) in [6, 6.07) is 1.56. The predicted molar refractivity (Wildman–Crippen MR) is 62.4 cm³/mol. The van der Waals surface area contributed by atoms with E-state index in [2.05, 4.69) is 4.74 Å². The molecule has 0 atom stereocenters. The molecule has 0 saturated carbocycles. The van der Waals surface area contributed by atoms with Crippen molar-refractivity contribution in [2.45, 2.75) is 4.90 Å². The molecule has 9 nitrogen and oxygen atoms in total. The first-order chi connectivity index (χ1) is 8.72. The maximum Gasteiger partial charge on any atom is 0.341 e. The summed E-state index contributed by atoms with van der Waals surface area (Å²) >= 11 is 0. The number of sulfonamides is 1. The van der Waals surface area contributed by atoms with Crippen LogP contribution in [0.2, 0.25) is 0 Å². The molecule has 0 amide bonds. The Morgan fingerprint density at radius 2 is 1.95 bits per heavy atom. The lowest BCUT2D eigenvalue weighted by atomic mass is 10.1. The van der Waals surface area contributed by atoms with E-state index in [-0.39, 0.29) is 0 Å². The second-order valence-corrected chi connectivity index (χ2v) is 4.88. The molecule has 2 N–H and O–H groups in total. The number of ether oxygens (including phenoxy) is 2. The second kappa shape index (κ2) is 5.20. The maximum absolute atomic E-state index is 11.5. The number of nitro benzene ring substituents is 1. The summed E-state index contributed by atoms with van der Waals surface area (Å²) in [5, 5.41) is 15.7. The SMILES string of the molecule is COC(=O)c1cc(S(N)(=O)=O)cc([N+](=O)[O-])c1OC. The van der Waals surface area contributed by atoms with Crippen LogP contribution in [-0.2, 0) is 14.8 Å². The van der Waals surface area contributed by atoms with Crippen molar-refractivity contribution in [1.29, 1.82) is 0 Å². The third-order valence-electron chi connectivity index (χ3n) is 2.18. The first-order valence-corrected chi connectivity index (χ1v) is 6.24. The smallest absolute Gasteiger partial charge is 0.341 e. The minimum atomic E-state index is -4.22. The fraction of sp³-hybridized carbons (Fsp3) is 0.222. The Balaban J connectivity index is 3.74. The molecule has 0 aliphatic rings. The molecular weight excluding hydrogens is 280 g/mol. The Morgan fingerprint density at radius 1 is 1.37 bits per heavy atom. The van der Waals surface area contributed by atoms with E-state index in [1.807, 2.05) is 0 Å². The average Bonchev–Trinajstić information content (AvgIpc) is 2.34. The summed E-state index contributed by atoms with van der Waals surface area (Å²) in [7, 11) is -2.07. The molecule has 1 aromatic rings. The Bertz CT molecular complexity index is 638. The number of carbonyl (C=O) groups is 1. The minimum Gasteiger partial charge on any atom is -0.490 e. The molecule has 1 rings (SSSR count).